The molecule has 0 aromatic heterocycles. The highest BCUT2D eigenvalue weighted by molar-refractivity contribution is 14.1. The fourth-order valence-corrected chi connectivity index (χ4v) is 2.89. The molecule has 0 aliphatic heterocycles. The Hall–Kier alpha value is -2.33. The van der Waals surface area contributed by atoms with Crippen molar-refractivity contribution >= 4 is 34.4 Å². The smallest absolute Gasteiger partial charge is 0.269 e. The zero-order valence-corrected chi connectivity index (χ0v) is 17.2. The van der Waals surface area contributed by atoms with E-state index in [1.165, 1.54) is 0 Å². The highest BCUT2D eigenvalue weighted by Gasteiger charge is 2.11. The standard InChI is InChI=1S/C19H21IN2O5/c1-3-26-9-10-27-15-6-4-5-13(11-15)18(23)21-22-19(24)14-7-8-17(25-2)16(20)12-14/h4-8,11-12H,3,9-10H2,1-2H3,(H,21,23)(H,22,24). The highest BCUT2D eigenvalue weighted by atomic mass is 127. The number of methoxy groups -OCH3 is 1. The summed E-state index contributed by atoms with van der Waals surface area (Å²) in [6.45, 7) is 3.40. The summed E-state index contributed by atoms with van der Waals surface area (Å²) in [5.74, 6) is 0.366. The lowest BCUT2D eigenvalue weighted by molar-refractivity contribution is 0.0846. The van der Waals surface area contributed by atoms with Crippen LogP contribution in [0, 0.1) is 3.57 Å². The van der Waals surface area contributed by atoms with Gasteiger partial charge in [0.15, 0.2) is 0 Å². The first-order valence-corrected chi connectivity index (χ1v) is 9.38. The van der Waals surface area contributed by atoms with Crippen LogP contribution in [0.15, 0.2) is 42.5 Å². The lowest BCUT2D eigenvalue weighted by Crippen LogP contribution is -2.41. The van der Waals surface area contributed by atoms with Crippen molar-refractivity contribution in [1.82, 2.24) is 10.9 Å². The Kier molecular flexibility index (Phi) is 8.34. The van der Waals surface area contributed by atoms with Crippen LogP contribution in [0.2, 0.25) is 0 Å². The second-order valence-electron chi connectivity index (χ2n) is 5.33. The minimum Gasteiger partial charge on any atom is -0.496 e. The van der Waals surface area contributed by atoms with Gasteiger partial charge in [0.1, 0.15) is 18.1 Å². The summed E-state index contributed by atoms with van der Waals surface area (Å²) in [7, 11) is 1.56. The molecule has 0 saturated heterocycles. The first-order chi connectivity index (χ1) is 13.0. The Morgan fingerprint density at radius 1 is 1.00 bits per heavy atom. The fourth-order valence-electron chi connectivity index (χ4n) is 2.16. The van der Waals surface area contributed by atoms with Crippen molar-refractivity contribution in [2.75, 3.05) is 26.9 Å². The maximum atomic E-state index is 12.2. The van der Waals surface area contributed by atoms with Gasteiger partial charge in [0, 0.05) is 17.7 Å². The van der Waals surface area contributed by atoms with Crippen LogP contribution in [0.1, 0.15) is 27.6 Å². The number of hydrazine groups is 1. The average molecular weight is 484 g/mol. The molecule has 2 amide bonds. The number of carbonyl (C=O) groups excluding carboxylic acids is 2. The second kappa shape index (κ2) is 10.7. The van der Waals surface area contributed by atoms with Crippen LogP contribution in [-0.2, 0) is 4.74 Å². The quantitative estimate of drug-likeness (QED) is 0.342. The van der Waals surface area contributed by atoms with Crippen LogP contribution >= 0.6 is 22.6 Å². The van der Waals surface area contributed by atoms with Crippen molar-refractivity contribution in [2.24, 2.45) is 0 Å². The molecule has 0 radical (unpaired) electrons. The van der Waals surface area contributed by atoms with Gasteiger partial charge in [-0.3, -0.25) is 20.4 Å². The molecule has 0 saturated carbocycles. The molecule has 0 unspecified atom stereocenters. The number of benzene rings is 2. The Labute approximate surface area is 171 Å². The summed E-state index contributed by atoms with van der Waals surface area (Å²) in [5.41, 5.74) is 5.57. The van der Waals surface area contributed by atoms with Crippen LogP contribution in [0.4, 0.5) is 0 Å². The molecular formula is C19H21IN2O5. The molecule has 2 aromatic rings. The van der Waals surface area contributed by atoms with E-state index in [0.29, 0.717) is 42.4 Å². The van der Waals surface area contributed by atoms with Gasteiger partial charge in [0.25, 0.3) is 11.8 Å². The third-order valence-corrected chi connectivity index (χ3v) is 4.34. The van der Waals surface area contributed by atoms with Crippen LogP contribution in [0.25, 0.3) is 0 Å². The number of nitrogens with one attached hydrogen (secondary N) is 2. The predicted octanol–water partition coefficient (Wildman–Crippen LogP) is 2.79. The minimum absolute atomic E-state index is 0.369. The van der Waals surface area contributed by atoms with Crippen molar-refractivity contribution in [1.29, 1.82) is 0 Å². The molecule has 2 rings (SSSR count). The van der Waals surface area contributed by atoms with Crippen molar-refractivity contribution in [2.45, 2.75) is 6.92 Å². The van der Waals surface area contributed by atoms with Crippen LogP contribution in [0.3, 0.4) is 0 Å². The maximum absolute atomic E-state index is 12.2. The normalized spacial score (nSPS) is 10.2. The molecule has 8 heteroatoms. The minimum atomic E-state index is -0.443. The Balaban J connectivity index is 1.91. The number of hydrogen-bond donors (Lipinski definition) is 2. The monoisotopic (exact) mass is 484 g/mol. The van der Waals surface area contributed by atoms with Gasteiger partial charge < -0.3 is 14.2 Å². The van der Waals surface area contributed by atoms with Crippen molar-refractivity contribution in [3.05, 3.63) is 57.2 Å². The van der Waals surface area contributed by atoms with Gasteiger partial charge in [-0.2, -0.15) is 0 Å². The molecule has 2 aromatic carbocycles. The van der Waals surface area contributed by atoms with Gasteiger partial charge in [-0.1, -0.05) is 6.07 Å². The average Bonchev–Trinajstić information content (AvgIpc) is 2.69. The summed E-state index contributed by atoms with van der Waals surface area (Å²) in [5, 5.41) is 0. The first-order valence-electron chi connectivity index (χ1n) is 8.30. The molecular weight excluding hydrogens is 463 g/mol. The van der Waals surface area contributed by atoms with E-state index in [9.17, 15) is 9.59 Å². The van der Waals surface area contributed by atoms with Crippen molar-refractivity contribution < 1.29 is 23.8 Å². The molecule has 0 aliphatic carbocycles. The predicted molar refractivity (Wildman–Crippen MR) is 109 cm³/mol. The zero-order valence-electron chi connectivity index (χ0n) is 15.1. The Bertz CT molecular complexity index is 797. The molecule has 0 bridgehead atoms. The van der Waals surface area contributed by atoms with E-state index < -0.39 is 11.8 Å². The van der Waals surface area contributed by atoms with E-state index in [2.05, 4.69) is 33.4 Å². The van der Waals surface area contributed by atoms with Gasteiger partial charge in [0.2, 0.25) is 0 Å². The number of hydrogen-bond acceptors (Lipinski definition) is 5. The SMILES string of the molecule is CCOCCOc1cccc(C(=O)NNC(=O)c2ccc(OC)c(I)c2)c1. The topological polar surface area (TPSA) is 85.9 Å². The largest absolute Gasteiger partial charge is 0.496 e. The fraction of sp³-hybridized carbons (Fsp3) is 0.263. The van der Waals surface area contributed by atoms with E-state index in [4.69, 9.17) is 14.2 Å². The van der Waals surface area contributed by atoms with Gasteiger partial charge in [-0.05, 0) is 65.9 Å². The molecule has 0 heterocycles. The van der Waals surface area contributed by atoms with Gasteiger partial charge in [0.05, 0.1) is 17.3 Å². The first kappa shape index (κ1) is 21.0. The molecule has 0 aliphatic rings. The maximum Gasteiger partial charge on any atom is 0.269 e. The zero-order chi connectivity index (χ0) is 19.6. The lowest BCUT2D eigenvalue weighted by atomic mass is 10.2. The van der Waals surface area contributed by atoms with Gasteiger partial charge in [-0.15, -0.1) is 0 Å². The van der Waals surface area contributed by atoms with Crippen LogP contribution in [-0.4, -0.2) is 38.7 Å². The Morgan fingerprint density at radius 3 is 2.33 bits per heavy atom. The third-order valence-electron chi connectivity index (χ3n) is 3.50. The van der Waals surface area contributed by atoms with Crippen molar-refractivity contribution in [3.63, 3.8) is 0 Å². The van der Waals surface area contributed by atoms with Crippen LogP contribution in [0.5, 0.6) is 11.5 Å². The highest BCUT2D eigenvalue weighted by Crippen LogP contribution is 2.21. The molecule has 0 spiro atoms. The lowest BCUT2D eigenvalue weighted by Gasteiger charge is -2.10. The number of ether oxygens (including phenoxy) is 3. The van der Waals surface area contributed by atoms with Crippen LogP contribution < -0.4 is 20.3 Å². The summed E-state index contributed by atoms with van der Waals surface area (Å²) >= 11 is 2.07. The molecule has 144 valence electrons. The molecule has 0 fully saturated rings. The molecule has 2 N–H and O–H groups in total. The molecule has 7 nitrogen and oxygen atoms in total. The number of rotatable bonds is 8. The summed E-state index contributed by atoms with van der Waals surface area (Å²) in [6, 6.07) is 11.7. The van der Waals surface area contributed by atoms with Gasteiger partial charge >= 0.3 is 0 Å². The third kappa shape index (κ3) is 6.40. The summed E-state index contributed by atoms with van der Waals surface area (Å²) in [4.78, 5) is 24.4. The summed E-state index contributed by atoms with van der Waals surface area (Å²) in [6.07, 6.45) is 0. The van der Waals surface area contributed by atoms with Crippen molar-refractivity contribution in [3.8, 4) is 11.5 Å². The second-order valence-corrected chi connectivity index (χ2v) is 6.49. The molecule has 0 atom stereocenters. The number of halogens is 1. The van der Waals surface area contributed by atoms with E-state index in [1.807, 2.05) is 6.92 Å². The van der Waals surface area contributed by atoms with Gasteiger partial charge in [-0.25, -0.2) is 0 Å². The number of carbonyl (C=O) groups is 2. The van der Waals surface area contributed by atoms with E-state index in [0.717, 1.165) is 3.57 Å². The Morgan fingerprint density at radius 2 is 1.70 bits per heavy atom. The van der Waals surface area contributed by atoms with E-state index in [-0.39, 0.29) is 0 Å². The van der Waals surface area contributed by atoms with E-state index >= 15 is 0 Å². The molecule has 27 heavy (non-hydrogen) atoms. The van der Waals surface area contributed by atoms with E-state index in [1.54, 1.807) is 49.6 Å². The number of amides is 2. The summed E-state index contributed by atoms with van der Waals surface area (Å²) < 4.78 is 16.7.